The van der Waals surface area contributed by atoms with Crippen LogP contribution in [-0.2, 0) is 11.0 Å². The second kappa shape index (κ2) is 9.80. The number of primary amides is 1. The molecule has 0 saturated carbocycles. The molecule has 1 aromatic carbocycles. The molecule has 3 N–H and O–H groups in total. The Morgan fingerprint density at radius 2 is 2.18 bits per heavy atom. The molecule has 1 aliphatic rings. The standard InChI is InChI=1S/C20H29F3N4O/c1-14(16-6-3-7-17(12-16)20(21,22)23)8-9-26-19(25-2)27-10-4-5-15(13-27)11-18(24)28/h3,6-7,12,14-15H,4-5,8-11,13H2,1-2H3,(H2,24,28)(H,25,26). The first-order valence-corrected chi connectivity index (χ1v) is 9.61. The third-order valence-electron chi connectivity index (χ3n) is 5.16. The fourth-order valence-corrected chi connectivity index (χ4v) is 3.63. The highest BCUT2D eigenvalue weighted by Gasteiger charge is 2.30. The van der Waals surface area contributed by atoms with Crippen molar-refractivity contribution >= 4 is 11.9 Å². The minimum atomic E-state index is -4.33. The van der Waals surface area contributed by atoms with E-state index in [1.54, 1.807) is 13.1 Å². The molecule has 1 amide bonds. The Kier molecular flexibility index (Phi) is 7.71. The average Bonchev–Trinajstić information content (AvgIpc) is 2.64. The van der Waals surface area contributed by atoms with Crippen LogP contribution in [0, 0.1) is 5.92 Å². The summed E-state index contributed by atoms with van der Waals surface area (Å²) in [5, 5.41) is 3.30. The summed E-state index contributed by atoms with van der Waals surface area (Å²) in [6.45, 7) is 4.11. The minimum Gasteiger partial charge on any atom is -0.370 e. The van der Waals surface area contributed by atoms with Crippen LogP contribution in [0.4, 0.5) is 13.2 Å². The summed E-state index contributed by atoms with van der Waals surface area (Å²) in [5.74, 6) is 0.681. The average molecular weight is 398 g/mol. The number of carbonyl (C=O) groups excluding carboxylic acids is 1. The maximum absolute atomic E-state index is 12.9. The van der Waals surface area contributed by atoms with Crippen molar-refractivity contribution in [3.63, 3.8) is 0 Å². The van der Waals surface area contributed by atoms with E-state index in [1.165, 1.54) is 12.1 Å². The number of hydrogen-bond acceptors (Lipinski definition) is 2. The van der Waals surface area contributed by atoms with Crippen LogP contribution in [0.1, 0.15) is 49.7 Å². The normalized spacial score (nSPS) is 19.4. The van der Waals surface area contributed by atoms with Gasteiger partial charge in [-0.15, -0.1) is 0 Å². The van der Waals surface area contributed by atoms with Crippen LogP contribution in [0.3, 0.4) is 0 Å². The highest BCUT2D eigenvalue weighted by atomic mass is 19.4. The van der Waals surface area contributed by atoms with E-state index < -0.39 is 11.7 Å². The van der Waals surface area contributed by atoms with Crippen LogP contribution in [0.2, 0.25) is 0 Å². The maximum atomic E-state index is 12.9. The molecular weight excluding hydrogens is 369 g/mol. The number of piperidine rings is 1. The second-order valence-corrected chi connectivity index (χ2v) is 7.41. The number of likely N-dealkylation sites (tertiary alicyclic amines) is 1. The van der Waals surface area contributed by atoms with E-state index in [1.807, 2.05) is 6.92 Å². The van der Waals surface area contributed by atoms with Crippen LogP contribution < -0.4 is 11.1 Å². The molecule has 1 aromatic rings. The van der Waals surface area contributed by atoms with Crippen LogP contribution in [0.25, 0.3) is 0 Å². The SMILES string of the molecule is CN=C(NCCC(C)c1cccc(C(F)(F)F)c1)N1CCCC(CC(N)=O)C1. The predicted octanol–water partition coefficient (Wildman–Crippen LogP) is 3.36. The lowest BCUT2D eigenvalue weighted by Crippen LogP contribution is -2.47. The number of aliphatic imine (C=N–C) groups is 1. The van der Waals surface area contributed by atoms with E-state index in [4.69, 9.17) is 5.73 Å². The van der Waals surface area contributed by atoms with E-state index in [0.29, 0.717) is 24.9 Å². The number of guanidine groups is 1. The zero-order valence-corrected chi connectivity index (χ0v) is 16.4. The van der Waals surface area contributed by atoms with Crippen LogP contribution in [0.5, 0.6) is 0 Å². The first-order chi connectivity index (χ1) is 13.2. The minimum absolute atomic E-state index is 0.0168. The van der Waals surface area contributed by atoms with Gasteiger partial charge in [-0.3, -0.25) is 9.79 Å². The van der Waals surface area contributed by atoms with Crippen molar-refractivity contribution in [3.05, 3.63) is 35.4 Å². The molecule has 2 atom stereocenters. The van der Waals surface area contributed by atoms with Gasteiger partial charge in [-0.25, -0.2) is 0 Å². The monoisotopic (exact) mass is 398 g/mol. The lowest BCUT2D eigenvalue weighted by atomic mass is 9.94. The van der Waals surface area contributed by atoms with Gasteiger partial charge in [-0.1, -0.05) is 25.1 Å². The molecule has 1 heterocycles. The molecule has 28 heavy (non-hydrogen) atoms. The number of nitrogens with two attached hydrogens (primary N) is 1. The number of nitrogens with one attached hydrogen (secondary N) is 1. The van der Waals surface area contributed by atoms with Gasteiger partial charge in [0, 0.05) is 33.1 Å². The van der Waals surface area contributed by atoms with Gasteiger partial charge in [-0.05, 0) is 42.7 Å². The number of rotatable bonds is 6. The van der Waals surface area contributed by atoms with Gasteiger partial charge in [0.25, 0.3) is 0 Å². The van der Waals surface area contributed by atoms with E-state index in [2.05, 4.69) is 15.2 Å². The van der Waals surface area contributed by atoms with Crippen molar-refractivity contribution in [1.82, 2.24) is 10.2 Å². The highest BCUT2D eigenvalue weighted by molar-refractivity contribution is 5.80. The molecular formula is C20H29F3N4O. The molecule has 1 saturated heterocycles. The summed E-state index contributed by atoms with van der Waals surface area (Å²) in [6.07, 6.45) is -1.33. The topological polar surface area (TPSA) is 70.7 Å². The van der Waals surface area contributed by atoms with Crippen LogP contribution in [0.15, 0.2) is 29.3 Å². The van der Waals surface area contributed by atoms with Gasteiger partial charge >= 0.3 is 6.18 Å². The molecule has 2 rings (SSSR count). The van der Waals surface area contributed by atoms with Crippen molar-refractivity contribution in [2.75, 3.05) is 26.7 Å². The van der Waals surface area contributed by atoms with Crippen molar-refractivity contribution in [2.24, 2.45) is 16.6 Å². The largest absolute Gasteiger partial charge is 0.416 e. The first kappa shape index (κ1) is 22.0. The lowest BCUT2D eigenvalue weighted by molar-refractivity contribution is -0.137. The Labute approximate surface area is 164 Å². The van der Waals surface area contributed by atoms with Gasteiger partial charge < -0.3 is 16.0 Å². The maximum Gasteiger partial charge on any atom is 0.416 e. The fourth-order valence-electron chi connectivity index (χ4n) is 3.63. The van der Waals surface area contributed by atoms with Gasteiger partial charge in [0.15, 0.2) is 5.96 Å². The smallest absolute Gasteiger partial charge is 0.370 e. The zero-order chi connectivity index (χ0) is 20.7. The number of carbonyl (C=O) groups is 1. The molecule has 1 fully saturated rings. The van der Waals surface area contributed by atoms with Crippen molar-refractivity contribution < 1.29 is 18.0 Å². The third-order valence-corrected chi connectivity index (χ3v) is 5.16. The molecule has 0 aliphatic carbocycles. The predicted molar refractivity (Wildman–Crippen MR) is 104 cm³/mol. The van der Waals surface area contributed by atoms with Crippen molar-refractivity contribution in [3.8, 4) is 0 Å². The highest BCUT2D eigenvalue weighted by Crippen LogP contribution is 2.31. The number of hydrogen-bond donors (Lipinski definition) is 2. The van der Waals surface area contributed by atoms with Gasteiger partial charge in [0.2, 0.25) is 5.91 Å². The van der Waals surface area contributed by atoms with Gasteiger partial charge in [0.05, 0.1) is 5.56 Å². The Hall–Kier alpha value is -2.25. The molecule has 0 spiro atoms. The molecule has 1 aliphatic heterocycles. The second-order valence-electron chi connectivity index (χ2n) is 7.41. The number of halogens is 3. The van der Waals surface area contributed by atoms with E-state index >= 15 is 0 Å². The van der Waals surface area contributed by atoms with E-state index in [0.717, 1.165) is 38.0 Å². The first-order valence-electron chi connectivity index (χ1n) is 9.61. The molecule has 0 radical (unpaired) electrons. The van der Waals surface area contributed by atoms with E-state index in [9.17, 15) is 18.0 Å². The van der Waals surface area contributed by atoms with E-state index in [-0.39, 0.29) is 17.7 Å². The van der Waals surface area contributed by atoms with Gasteiger partial charge in [0.1, 0.15) is 0 Å². The number of benzene rings is 1. The Balaban J connectivity index is 1.88. The lowest BCUT2D eigenvalue weighted by Gasteiger charge is -2.34. The molecule has 8 heteroatoms. The van der Waals surface area contributed by atoms with Crippen LogP contribution >= 0.6 is 0 Å². The Morgan fingerprint density at radius 3 is 2.82 bits per heavy atom. The molecule has 2 unspecified atom stereocenters. The summed E-state index contributed by atoms with van der Waals surface area (Å²) < 4.78 is 38.7. The molecule has 5 nitrogen and oxygen atoms in total. The van der Waals surface area contributed by atoms with Crippen molar-refractivity contribution in [1.29, 1.82) is 0 Å². The molecule has 0 bridgehead atoms. The number of alkyl halides is 3. The summed E-state index contributed by atoms with van der Waals surface area (Å²) in [4.78, 5) is 17.6. The quantitative estimate of drug-likeness (QED) is 0.570. The summed E-state index contributed by atoms with van der Waals surface area (Å²) in [5.41, 5.74) is 5.37. The van der Waals surface area contributed by atoms with Gasteiger partial charge in [-0.2, -0.15) is 13.2 Å². The molecule has 156 valence electrons. The fraction of sp³-hybridized carbons (Fsp3) is 0.600. The molecule has 0 aromatic heterocycles. The zero-order valence-electron chi connectivity index (χ0n) is 16.4. The summed E-state index contributed by atoms with van der Waals surface area (Å²) in [7, 11) is 1.70. The summed E-state index contributed by atoms with van der Waals surface area (Å²) in [6, 6.07) is 5.50. The Morgan fingerprint density at radius 1 is 1.43 bits per heavy atom. The summed E-state index contributed by atoms with van der Waals surface area (Å²) >= 11 is 0. The number of amides is 1. The number of nitrogens with zero attached hydrogens (tertiary/aromatic N) is 2. The Bertz CT molecular complexity index is 690. The van der Waals surface area contributed by atoms with Crippen LogP contribution in [-0.4, -0.2) is 43.4 Å². The third kappa shape index (κ3) is 6.42. The van der Waals surface area contributed by atoms with Crippen molar-refractivity contribution in [2.45, 2.75) is 44.7 Å².